The van der Waals surface area contributed by atoms with E-state index in [1.165, 1.54) is 12.1 Å². The Morgan fingerprint density at radius 2 is 2.06 bits per heavy atom. The molecule has 0 unspecified atom stereocenters. The molecule has 1 heterocycles. The van der Waals surface area contributed by atoms with E-state index in [9.17, 15) is 4.39 Å². The fraction of sp³-hybridized carbons (Fsp3) is 0.0909. The van der Waals surface area contributed by atoms with Gasteiger partial charge in [-0.05, 0) is 25.1 Å². The molecule has 6 heteroatoms. The van der Waals surface area contributed by atoms with Gasteiger partial charge in [0.05, 0.1) is 5.02 Å². The van der Waals surface area contributed by atoms with Gasteiger partial charge in [-0.15, -0.1) is 0 Å². The Hall–Kier alpha value is -1.88. The van der Waals surface area contributed by atoms with Crippen LogP contribution in [0.4, 0.5) is 21.7 Å². The number of nitrogens with two attached hydrogens (primary N) is 1. The van der Waals surface area contributed by atoms with Crippen molar-refractivity contribution in [1.29, 1.82) is 0 Å². The number of hydrogen-bond acceptors (Lipinski definition) is 4. The molecule has 2 aromatic rings. The molecule has 1 aromatic heterocycles. The van der Waals surface area contributed by atoms with Gasteiger partial charge < -0.3 is 11.1 Å². The van der Waals surface area contributed by atoms with Crippen LogP contribution < -0.4 is 11.1 Å². The van der Waals surface area contributed by atoms with Crippen LogP contribution in [0.3, 0.4) is 0 Å². The molecule has 0 aliphatic carbocycles. The summed E-state index contributed by atoms with van der Waals surface area (Å²) in [5.74, 6) is 1.00. The lowest BCUT2D eigenvalue weighted by Gasteiger charge is -2.07. The number of hydrogen-bond donors (Lipinski definition) is 2. The van der Waals surface area contributed by atoms with Crippen molar-refractivity contribution in [2.24, 2.45) is 0 Å². The second-order valence-electron chi connectivity index (χ2n) is 3.48. The summed E-state index contributed by atoms with van der Waals surface area (Å²) in [5, 5.41) is 3.02. The minimum Gasteiger partial charge on any atom is -0.384 e. The van der Waals surface area contributed by atoms with E-state index in [0.29, 0.717) is 23.1 Å². The maximum absolute atomic E-state index is 13.0. The van der Waals surface area contributed by atoms with Crippen molar-refractivity contribution in [3.8, 4) is 0 Å². The third-order valence-electron chi connectivity index (χ3n) is 2.05. The number of nitrogen functional groups attached to an aromatic ring is 1. The molecule has 88 valence electrons. The highest BCUT2D eigenvalue weighted by atomic mass is 35.5. The summed E-state index contributed by atoms with van der Waals surface area (Å²) in [6.45, 7) is 1.74. The summed E-state index contributed by atoms with van der Waals surface area (Å²) in [6, 6.07) is 5.91. The first-order valence-corrected chi connectivity index (χ1v) is 5.25. The van der Waals surface area contributed by atoms with Crippen LogP contribution in [-0.2, 0) is 0 Å². The van der Waals surface area contributed by atoms with Gasteiger partial charge in [0.25, 0.3) is 0 Å². The quantitative estimate of drug-likeness (QED) is 0.863. The molecular formula is C11H10ClFN4. The molecule has 0 aliphatic rings. The molecule has 0 spiro atoms. The lowest BCUT2D eigenvalue weighted by atomic mass is 10.3. The molecule has 0 bridgehead atoms. The molecular weight excluding hydrogens is 243 g/mol. The molecule has 0 aliphatic heterocycles. The number of benzene rings is 1. The Balaban J connectivity index is 2.28. The Bertz CT molecular complexity index is 539. The zero-order chi connectivity index (χ0) is 12.4. The van der Waals surface area contributed by atoms with Gasteiger partial charge in [0.1, 0.15) is 23.3 Å². The highest BCUT2D eigenvalue weighted by Crippen LogP contribution is 2.22. The SMILES string of the molecule is Cc1nc(N)cc(Nc2ccc(F)c(Cl)c2)n1. The molecule has 3 N–H and O–H groups in total. The van der Waals surface area contributed by atoms with Crippen molar-refractivity contribution in [3.05, 3.63) is 40.9 Å². The van der Waals surface area contributed by atoms with Crippen LogP contribution in [0.15, 0.2) is 24.3 Å². The van der Waals surface area contributed by atoms with E-state index in [-0.39, 0.29) is 5.02 Å². The van der Waals surface area contributed by atoms with Gasteiger partial charge in [0, 0.05) is 11.8 Å². The van der Waals surface area contributed by atoms with Crippen LogP contribution >= 0.6 is 11.6 Å². The molecule has 0 saturated carbocycles. The minimum absolute atomic E-state index is 0.0498. The topological polar surface area (TPSA) is 63.8 Å². The summed E-state index contributed by atoms with van der Waals surface area (Å²) in [7, 11) is 0. The predicted octanol–water partition coefficient (Wildman–Crippen LogP) is 2.90. The Morgan fingerprint density at radius 1 is 1.29 bits per heavy atom. The first kappa shape index (κ1) is 11.6. The normalized spacial score (nSPS) is 10.3. The number of rotatable bonds is 2. The highest BCUT2D eigenvalue weighted by molar-refractivity contribution is 6.31. The first-order valence-electron chi connectivity index (χ1n) is 4.88. The van der Waals surface area contributed by atoms with Crippen molar-refractivity contribution in [2.75, 3.05) is 11.1 Å². The van der Waals surface area contributed by atoms with Crippen molar-refractivity contribution >= 4 is 28.9 Å². The fourth-order valence-electron chi connectivity index (χ4n) is 1.38. The second kappa shape index (κ2) is 4.55. The zero-order valence-electron chi connectivity index (χ0n) is 9.04. The lowest BCUT2D eigenvalue weighted by molar-refractivity contribution is 0.628. The third-order valence-corrected chi connectivity index (χ3v) is 2.34. The Labute approximate surface area is 103 Å². The molecule has 0 saturated heterocycles. The number of halogens is 2. The van der Waals surface area contributed by atoms with Crippen LogP contribution in [0, 0.1) is 12.7 Å². The summed E-state index contributed by atoms with van der Waals surface area (Å²) >= 11 is 5.67. The van der Waals surface area contributed by atoms with E-state index >= 15 is 0 Å². The largest absolute Gasteiger partial charge is 0.384 e. The van der Waals surface area contributed by atoms with Crippen molar-refractivity contribution in [3.63, 3.8) is 0 Å². The standard InChI is InChI=1S/C11H10ClFN4/c1-6-15-10(14)5-11(16-6)17-7-2-3-9(13)8(12)4-7/h2-5H,1H3,(H3,14,15,16,17). The van der Waals surface area contributed by atoms with Crippen LogP contribution in [-0.4, -0.2) is 9.97 Å². The molecule has 17 heavy (non-hydrogen) atoms. The van der Waals surface area contributed by atoms with E-state index in [0.717, 1.165) is 0 Å². The average Bonchev–Trinajstić information content (AvgIpc) is 2.22. The molecule has 2 rings (SSSR count). The number of aryl methyl sites for hydroxylation is 1. The van der Waals surface area contributed by atoms with E-state index < -0.39 is 5.82 Å². The lowest BCUT2D eigenvalue weighted by Crippen LogP contribution is -2.00. The summed E-state index contributed by atoms with van der Waals surface area (Å²) < 4.78 is 13.0. The molecule has 0 atom stereocenters. The van der Waals surface area contributed by atoms with Gasteiger partial charge >= 0.3 is 0 Å². The first-order chi connectivity index (χ1) is 8.04. The molecule has 0 fully saturated rings. The highest BCUT2D eigenvalue weighted by Gasteiger charge is 2.03. The van der Waals surface area contributed by atoms with Crippen LogP contribution in [0.5, 0.6) is 0 Å². The predicted molar refractivity (Wildman–Crippen MR) is 65.9 cm³/mol. The second-order valence-corrected chi connectivity index (χ2v) is 3.89. The van der Waals surface area contributed by atoms with Gasteiger partial charge in [0.15, 0.2) is 0 Å². The van der Waals surface area contributed by atoms with Gasteiger partial charge in [0.2, 0.25) is 0 Å². The number of nitrogens with zero attached hydrogens (tertiary/aromatic N) is 2. The Morgan fingerprint density at radius 3 is 2.71 bits per heavy atom. The summed E-state index contributed by atoms with van der Waals surface area (Å²) in [6.07, 6.45) is 0. The van der Waals surface area contributed by atoms with E-state index in [1.54, 1.807) is 19.1 Å². The smallest absolute Gasteiger partial charge is 0.141 e. The number of nitrogens with one attached hydrogen (secondary N) is 1. The minimum atomic E-state index is -0.462. The Kier molecular flexibility index (Phi) is 3.10. The molecule has 4 nitrogen and oxygen atoms in total. The van der Waals surface area contributed by atoms with Crippen molar-refractivity contribution < 1.29 is 4.39 Å². The van der Waals surface area contributed by atoms with Crippen molar-refractivity contribution in [2.45, 2.75) is 6.92 Å². The fourth-order valence-corrected chi connectivity index (χ4v) is 1.56. The zero-order valence-corrected chi connectivity index (χ0v) is 9.79. The van der Waals surface area contributed by atoms with E-state index in [4.69, 9.17) is 17.3 Å². The van der Waals surface area contributed by atoms with Gasteiger partial charge in [-0.3, -0.25) is 0 Å². The molecule has 1 aromatic carbocycles. The van der Waals surface area contributed by atoms with Gasteiger partial charge in [-0.25, -0.2) is 14.4 Å². The van der Waals surface area contributed by atoms with Gasteiger partial charge in [-0.1, -0.05) is 11.6 Å². The summed E-state index contributed by atoms with van der Waals surface area (Å²) in [4.78, 5) is 8.09. The summed E-state index contributed by atoms with van der Waals surface area (Å²) in [5.41, 5.74) is 6.22. The van der Waals surface area contributed by atoms with Gasteiger partial charge in [-0.2, -0.15) is 0 Å². The van der Waals surface area contributed by atoms with E-state index in [2.05, 4.69) is 15.3 Å². The van der Waals surface area contributed by atoms with Crippen molar-refractivity contribution in [1.82, 2.24) is 9.97 Å². The third kappa shape index (κ3) is 2.82. The maximum atomic E-state index is 13.0. The van der Waals surface area contributed by atoms with Crippen LogP contribution in [0.25, 0.3) is 0 Å². The monoisotopic (exact) mass is 252 g/mol. The maximum Gasteiger partial charge on any atom is 0.141 e. The van der Waals surface area contributed by atoms with Crippen LogP contribution in [0.2, 0.25) is 5.02 Å². The number of anilines is 3. The molecule has 0 amide bonds. The van der Waals surface area contributed by atoms with E-state index in [1.807, 2.05) is 0 Å². The van der Waals surface area contributed by atoms with Crippen LogP contribution in [0.1, 0.15) is 5.82 Å². The average molecular weight is 253 g/mol. The number of aromatic nitrogens is 2. The molecule has 0 radical (unpaired) electrons.